The highest BCUT2D eigenvalue weighted by Crippen LogP contribution is 2.52. The first-order valence-electron chi connectivity index (χ1n) is 23.9. The molecule has 0 radical (unpaired) electrons. The summed E-state index contributed by atoms with van der Waals surface area (Å²) in [5.41, 5.74) is -3.32. The summed E-state index contributed by atoms with van der Waals surface area (Å²) in [4.78, 5) is 2.48. The van der Waals surface area contributed by atoms with E-state index in [9.17, 15) is 20.4 Å². The smallest absolute Gasteiger partial charge is 0.286 e. The predicted octanol–water partition coefficient (Wildman–Crippen LogP) is 6.68. The van der Waals surface area contributed by atoms with Crippen LogP contribution in [0.1, 0.15) is 160 Å². The molecule has 60 heavy (non-hydrogen) atoms. The van der Waals surface area contributed by atoms with Gasteiger partial charge < -0.3 is 58.3 Å². The van der Waals surface area contributed by atoms with Gasteiger partial charge >= 0.3 is 0 Å². The van der Waals surface area contributed by atoms with Crippen LogP contribution in [-0.2, 0) is 37.9 Å². The first-order valence-corrected chi connectivity index (χ1v) is 23.9. The van der Waals surface area contributed by atoms with E-state index in [0.717, 1.165) is 38.8 Å². The molecule has 4 N–H and O–H groups in total. The summed E-state index contributed by atoms with van der Waals surface area (Å²) in [5.74, 6) is -3.91. The maximum Gasteiger partial charge on any atom is 0.286 e. The summed E-state index contributed by atoms with van der Waals surface area (Å²) in [5, 5.41) is 48.4. The van der Waals surface area contributed by atoms with Crippen LogP contribution in [0.2, 0.25) is 0 Å². The highest BCUT2D eigenvalue weighted by atomic mass is 16.8. The minimum absolute atomic E-state index is 0.0203. The van der Waals surface area contributed by atoms with Crippen molar-refractivity contribution in [2.24, 2.45) is 23.7 Å². The monoisotopic (exact) mass is 858 g/mol. The number of nitrogens with zero attached hydrogens (tertiary/aromatic N) is 1. The lowest BCUT2D eigenvalue weighted by atomic mass is 9.74. The van der Waals surface area contributed by atoms with Gasteiger partial charge in [-0.2, -0.15) is 0 Å². The summed E-state index contributed by atoms with van der Waals surface area (Å²) in [6, 6.07) is -0.153. The fraction of sp³-hybridized carbons (Fsp3) is 1.00. The molecular formula is C47H87NO12. The molecule has 13 nitrogen and oxygen atoms in total. The molecule has 5 aliphatic rings. The Morgan fingerprint density at radius 3 is 1.97 bits per heavy atom. The van der Waals surface area contributed by atoms with Crippen LogP contribution in [0.4, 0.5) is 0 Å². The highest BCUT2D eigenvalue weighted by molar-refractivity contribution is 5.07. The van der Waals surface area contributed by atoms with Gasteiger partial charge in [-0.3, -0.25) is 4.90 Å². The number of aliphatic hydroxyl groups excluding tert-OH is 2. The average molecular weight is 858 g/mol. The molecule has 5 aliphatic heterocycles. The molecule has 0 saturated carbocycles. The van der Waals surface area contributed by atoms with Crippen LogP contribution in [0.3, 0.4) is 0 Å². The number of methoxy groups -OCH3 is 1. The van der Waals surface area contributed by atoms with Crippen molar-refractivity contribution >= 4 is 0 Å². The number of unbranched alkanes of at least 4 members (excludes halogenated alkanes) is 6. The van der Waals surface area contributed by atoms with Gasteiger partial charge in [0, 0.05) is 31.4 Å². The van der Waals surface area contributed by atoms with Crippen LogP contribution in [0.15, 0.2) is 0 Å². The van der Waals surface area contributed by atoms with Crippen LogP contribution < -0.4 is 0 Å². The zero-order valence-electron chi connectivity index (χ0n) is 39.6. The zero-order chi connectivity index (χ0) is 44.4. The van der Waals surface area contributed by atoms with Crippen LogP contribution in [0, 0.1) is 23.7 Å². The summed E-state index contributed by atoms with van der Waals surface area (Å²) in [7, 11) is 1.57. The Bertz CT molecular complexity index is 1310. The number of aliphatic hydroxyl groups is 4. The molecule has 5 rings (SSSR count). The van der Waals surface area contributed by atoms with E-state index in [0.29, 0.717) is 19.3 Å². The summed E-state index contributed by atoms with van der Waals surface area (Å²) in [6.45, 7) is 25.7. The predicted molar refractivity (Wildman–Crippen MR) is 229 cm³/mol. The van der Waals surface area contributed by atoms with E-state index in [2.05, 4.69) is 39.5 Å². The molecule has 0 aromatic carbocycles. The van der Waals surface area contributed by atoms with Gasteiger partial charge in [-0.05, 0) is 85.7 Å². The molecule has 352 valence electrons. The Morgan fingerprint density at radius 2 is 1.38 bits per heavy atom. The molecule has 0 aliphatic carbocycles. The highest BCUT2D eigenvalue weighted by Gasteiger charge is 2.64. The van der Waals surface area contributed by atoms with Gasteiger partial charge in [-0.25, -0.2) is 0 Å². The maximum absolute atomic E-state index is 12.7. The Morgan fingerprint density at radius 1 is 0.750 bits per heavy atom. The van der Waals surface area contributed by atoms with Gasteiger partial charge in [0.05, 0.1) is 59.8 Å². The van der Waals surface area contributed by atoms with E-state index >= 15 is 0 Å². The topological polar surface area (TPSA) is 158 Å². The lowest BCUT2D eigenvalue weighted by Gasteiger charge is -2.55. The standard InChI is InChI=1S/C47H87NO12/c1-14-17-19-21-23-48(24-22-20-18-15-2)34-25-29(5)54-43(37(34)49)57-41-31(7)39(56-36-27-44(10,53-13)40(50)33(9)55-36)32(8)47(52)58-35(16-3)46(12,51)42(60-47)30(6)38-28(4)26-45(41,11)59-38/h28-43,49-52H,14-27H2,1-13H3/t28-,29?,30-,31-,32+,33?,34?,35+,36-,37?,38?,39-,40-,41+,42+,43-,44?,45?,46+,47-/m0/s1. The lowest BCUT2D eigenvalue weighted by molar-refractivity contribution is -0.481. The third-order valence-electron chi connectivity index (χ3n) is 15.3. The van der Waals surface area contributed by atoms with Crippen LogP contribution >= 0.6 is 0 Å². The second kappa shape index (κ2) is 20.8. The Hall–Kier alpha value is -0.520. The van der Waals surface area contributed by atoms with Crippen LogP contribution in [0.25, 0.3) is 0 Å². The quantitative estimate of drug-likeness (QED) is 0.115. The van der Waals surface area contributed by atoms with Gasteiger partial charge in [0.15, 0.2) is 12.6 Å². The molecular weight excluding hydrogens is 771 g/mol. The van der Waals surface area contributed by atoms with E-state index < -0.39 is 89.9 Å². The van der Waals surface area contributed by atoms with Crippen LogP contribution in [0.5, 0.6) is 0 Å². The summed E-state index contributed by atoms with van der Waals surface area (Å²) >= 11 is 0. The zero-order valence-corrected chi connectivity index (χ0v) is 39.6. The molecule has 0 aromatic heterocycles. The second-order valence-corrected chi connectivity index (χ2v) is 20.4. The van der Waals surface area contributed by atoms with E-state index in [1.807, 2.05) is 34.6 Å². The van der Waals surface area contributed by atoms with Gasteiger partial charge in [-0.15, -0.1) is 0 Å². The van der Waals surface area contributed by atoms with Crippen molar-refractivity contribution in [3.63, 3.8) is 0 Å². The van der Waals surface area contributed by atoms with Crippen molar-refractivity contribution in [1.29, 1.82) is 0 Å². The summed E-state index contributed by atoms with van der Waals surface area (Å²) < 4.78 is 53.4. The molecule has 0 amide bonds. The molecule has 7 unspecified atom stereocenters. The molecule has 0 aromatic rings. The van der Waals surface area contributed by atoms with E-state index in [1.54, 1.807) is 21.0 Å². The SMILES string of the molecule is CCCCCCN(CCCCCC)C1CC(C)O[C@@H](O[C@@H]2[C@@H](C)[C@H](O[C@H]3CC(C)(OC)[C@@H](O)C(C)O3)[C@@H](C)[C@@]3(O)O[C@H]([C@@H](C)C4OC2(C)C[C@@H]4C)[C@](C)(O)[C@@H](CC)O3)C1O. The number of hydrogen-bond acceptors (Lipinski definition) is 13. The van der Waals surface area contributed by atoms with Crippen molar-refractivity contribution < 1.29 is 58.3 Å². The first kappa shape index (κ1) is 50.5. The molecule has 13 heteroatoms. The van der Waals surface area contributed by atoms with Crippen LogP contribution in [-0.4, -0.2) is 142 Å². The minimum atomic E-state index is -2.18. The largest absolute Gasteiger partial charge is 0.387 e. The Balaban J connectivity index is 1.56. The minimum Gasteiger partial charge on any atom is -0.387 e. The number of rotatable bonds is 17. The maximum atomic E-state index is 12.7. The van der Waals surface area contributed by atoms with E-state index in [4.69, 9.17) is 37.9 Å². The Kier molecular flexibility index (Phi) is 17.5. The van der Waals surface area contributed by atoms with Crippen molar-refractivity contribution in [2.75, 3.05) is 20.2 Å². The number of hydrogen-bond donors (Lipinski definition) is 4. The molecule has 5 fully saturated rings. The second-order valence-electron chi connectivity index (χ2n) is 20.4. The average Bonchev–Trinajstić information content (AvgIpc) is 3.52. The molecule has 5 saturated heterocycles. The molecule has 0 spiro atoms. The fourth-order valence-corrected chi connectivity index (χ4v) is 11.6. The molecule has 20 atom stereocenters. The van der Waals surface area contributed by atoms with Gasteiger partial charge in [0.2, 0.25) is 0 Å². The normalized spacial score (nSPS) is 48.9. The fourth-order valence-electron chi connectivity index (χ4n) is 11.6. The first-order chi connectivity index (χ1) is 28.2. The number of ether oxygens (including phenoxy) is 8. The van der Waals surface area contributed by atoms with Gasteiger partial charge in [0.1, 0.15) is 17.8 Å². The van der Waals surface area contributed by atoms with Gasteiger partial charge in [0.25, 0.3) is 5.97 Å². The summed E-state index contributed by atoms with van der Waals surface area (Å²) in [6.07, 6.45) is 3.16. The van der Waals surface area contributed by atoms with E-state index in [-0.39, 0.29) is 36.5 Å². The Labute approximate surface area is 362 Å². The third kappa shape index (κ3) is 10.6. The van der Waals surface area contributed by atoms with Crippen molar-refractivity contribution in [1.82, 2.24) is 4.90 Å². The van der Waals surface area contributed by atoms with Crippen molar-refractivity contribution in [3.05, 3.63) is 0 Å². The lowest BCUT2D eigenvalue weighted by Crippen LogP contribution is -2.69. The molecule has 5 heterocycles. The van der Waals surface area contributed by atoms with Crippen molar-refractivity contribution in [2.45, 2.75) is 256 Å². The van der Waals surface area contributed by atoms with E-state index in [1.165, 1.54) is 25.7 Å². The van der Waals surface area contributed by atoms with Gasteiger partial charge in [-0.1, -0.05) is 87.0 Å². The number of fused-ring (bicyclic) bond motifs is 4. The molecule has 4 bridgehead atoms. The third-order valence-corrected chi connectivity index (χ3v) is 15.3. The van der Waals surface area contributed by atoms with Crippen molar-refractivity contribution in [3.8, 4) is 0 Å².